The van der Waals surface area contributed by atoms with Crippen LogP contribution in [-0.2, 0) is 5.48 Å². The molecule has 11 heavy (non-hydrogen) atoms. The third-order valence-electron chi connectivity index (χ3n) is 0. The van der Waals surface area contributed by atoms with Gasteiger partial charge < -0.3 is 79.9 Å². The number of halogens is 6. The largest absolute Gasteiger partial charge is 2.00 e. The monoisotopic (exact) mass is 777 g/mol. The predicted octanol–water partition coefficient (Wildman–Crippen LogP) is -19.6. The minimum atomic E-state index is 0. The van der Waals surface area contributed by atoms with Gasteiger partial charge in [0.2, 0.25) is 0 Å². The van der Waals surface area contributed by atoms with E-state index < -0.39 is 0 Å². The van der Waals surface area contributed by atoms with Crippen molar-refractivity contribution >= 4 is 196 Å². The predicted molar refractivity (Wildman–Crippen MR) is 23.7 cm³/mol. The molecule has 0 heterocycles. The molecule has 1 nitrogen and oxygen atoms in total. The van der Waals surface area contributed by atoms with Crippen LogP contribution < -0.4 is 74.4 Å². The minimum Gasteiger partial charge on any atom is -2.00 e. The van der Waals surface area contributed by atoms with Crippen LogP contribution in [0.4, 0.5) is 0 Å². The Balaban J connectivity index is 0. The van der Waals surface area contributed by atoms with Gasteiger partial charge in [0.25, 0.3) is 0 Å². The van der Waals surface area contributed by atoms with Gasteiger partial charge in [-0.25, -0.2) is 0 Å². The molecule has 0 bridgehead atoms. The van der Waals surface area contributed by atoms with E-state index in [1.54, 1.807) is 0 Å². The fraction of sp³-hybridized carbons (Fsp3) is 0. The average Bonchev–Trinajstić information content (AvgIpc) is 0. The maximum absolute atomic E-state index is 0. The Morgan fingerprint density at radius 2 is 0.273 bits per heavy atom. The summed E-state index contributed by atoms with van der Waals surface area (Å²) in [5, 5.41) is 0. The van der Waals surface area contributed by atoms with E-state index in [2.05, 4.69) is 0 Å². The molecule has 0 unspecified atom stereocenters. The van der Waals surface area contributed by atoms with Gasteiger partial charge in [-0.3, -0.25) is 0 Å². The normalized spacial score (nSPS) is 0. The standard InChI is InChI=1S/4Ba.6ClH.O/h;;;;6*1H;/q4*+2;;;;;;;-2/p-6. The molecule has 0 radical (unpaired) electrons. The smallest absolute Gasteiger partial charge is 2.00 e. The van der Waals surface area contributed by atoms with Gasteiger partial charge in [0, 0.05) is 0 Å². The number of hydrogen-bond acceptors (Lipinski definition) is 0. The van der Waals surface area contributed by atoms with Crippen LogP contribution >= 0.6 is 0 Å². The van der Waals surface area contributed by atoms with Gasteiger partial charge in [-0.2, -0.15) is 0 Å². The van der Waals surface area contributed by atoms with Crippen LogP contribution in [-0.4, -0.2) is 196 Å². The third kappa shape index (κ3) is 72.1. The molecule has 0 spiro atoms. The van der Waals surface area contributed by atoms with E-state index in [0.717, 1.165) is 0 Å². The van der Waals surface area contributed by atoms with Crippen LogP contribution in [0.5, 0.6) is 0 Å². The summed E-state index contributed by atoms with van der Waals surface area (Å²) in [6, 6.07) is 0. The second-order valence-corrected chi connectivity index (χ2v) is 0. The van der Waals surface area contributed by atoms with E-state index in [1.165, 1.54) is 0 Å². The van der Waals surface area contributed by atoms with Crippen LogP contribution in [0.2, 0.25) is 0 Å². The average molecular weight is 778 g/mol. The van der Waals surface area contributed by atoms with Crippen molar-refractivity contribution in [3.8, 4) is 0 Å². The summed E-state index contributed by atoms with van der Waals surface area (Å²) in [7, 11) is 0. The van der Waals surface area contributed by atoms with E-state index in [9.17, 15) is 0 Å². The molecule has 0 aromatic heterocycles. The van der Waals surface area contributed by atoms with Crippen LogP contribution in [0.1, 0.15) is 0 Å². The molecule has 0 atom stereocenters. The van der Waals surface area contributed by atoms with Gasteiger partial charge >= 0.3 is 196 Å². The van der Waals surface area contributed by atoms with E-state index in [-0.39, 0.29) is 275 Å². The van der Waals surface area contributed by atoms with E-state index in [4.69, 9.17) is 0 Å². The van der Waals surface area contributed by atoms with E-state index in [0.29, 0.717) is 0 Å². The molecule has 0 fully saturated rings. The maximum atomic E-state index is 0. The molecule has 0 N–H and O–H groups in total. The molecule has 0 aromatic carbocycles. The van der Waals surface area contributed by atoms with E-state index in [1.807, 2.05) is 0 Å². The minimum absolute atomic E-state index is 0. The zero-order valence-corrected chi connectivity index (χ0v) is 27.8. The summed E-state index contributed by atoms with van der Waals surface area (Å²) in [4.78, 5) is 0. The Morgan fingerprint density at radius 3 is 0.273 bits per heavy atom. The summed E-state index contributed by atoms with van der Waals surface area (Å²) in [5.74, 6) is 0. The summed E-state index contributed by atoms with van der Waals surface area (Å²) < 4.78 is 0. The van der Waals surface area contributed by atoms with Crippen LogP contribution in [0.15, 0.2) is 0 Å². The van der Waals surface area contributed by atoms with Gasteiger partial charge in [-0.15, -0.1) is 0 Å². The third-order valence-corrected chi connectivity index (χ3v) is 0. The molecule has 0 saturated carbocycles. The Bertz CT molecular complexity index is 14.5. The van der Waals surface area contributed by atoms with Crippen molar-refractivity contribution in [2.24, 2.45) is 0 Å². The van der Waals surface area contributed by atoms with Crippen molar-refractivity contribution in [1.82, 2.24) is 0 Å². The summed E-state index contributed by atoms with van der Waals surface area (Å²) >= 11 is 0. The van der Waals surface area contributed by atoms with Crippen molar-refractivity contribution in [2.75, 3.05) is 0 Å². The molecule has 0 aromatic rings. The Morgan fingerprint density at radius 1 is 0.273 bits per heavy atom. The first kappa shape index (κ1) is 96.3. The Hall–Kier alpha value is 7.99. The van der Waals surface area contributed by atoms with Gasteiger partial charge in [0.1, 0.15) is 0 Å². The number of rotatable bonds is 0. The second kappa shape index (κ2) is 81.4. The topological polar surface area (TPSA) is 28.5 Å². The van der Waals surface area contributed by atoms with Crippen molar-refractivity contribution < 1.29 is 79.9 Å². The van der Waals surface area contributed by atoms with Crippen LogP contribution in [0.25, 0.3) is 0 Å². The molecule has 0 saturated heterocycles. The molecule has 0 amide bonds. The molecule has 0 aliphatic heterocycles. The SMILES string of the molecule is [Ba+2].[Ba+2].[Ba+2].[Ba+2].[Cl-].[Cl-].[Cl-].[Cl-].[Cl-].[Cl-].[O-2]. The van der Waals surface area contributed by atoms with Gasteiger partial charge in [-0.05, 0) is 0 Å². The molecule has 0 aliphatic carbocycles. The molecule has 0 aliphatic rings. The van der Waals surface area contributed by atoms with Crippen molar-refractivity contribution in [2.45, 2.75) is 0 Å². The molecule has 0 rings (SSSR count). The first-order valence-corrected chi connectivity index (χ1v) is 0. The van der Waals surface area contributed by atoms with Crippen LogP contribution in [0.3, 0.4) is 0 Å². The van der Waals surface area contributed by atoms with Gasteiger partial charge in [-0.1, -0.05) is 0 Å². The summed E-state index contributed by atoms with van der Waals surface area (Å²) in [5.41, 5.74) is 0. The van der Waals surface area contributed by atoms with E-state index >= 15 is 0 Å². The van der Waals surface area contributed by atoms with Crippen molar-refractivity contribution in [3.63, 3.8) is 0 Å². The molecule has 56 valence electrons. The zero-order chi connectivity index (χ0) is 0. The van der Waals surface area contributed by atoms with Crippen molar-refractivity contribution in [1.29, 1.82) is 0 Å². The first-order valence-electron chi connectivity index (χ1n) is 0. The fourth-order valence-corrected chi connectivity index (χ4v) is 0. The first-order chi connectivity index (χ1) is 0. The van der Waals surface area contributed by atoms with Gasteiger partial charge in [0.15, 0.2) is 0 Å². The van der Waals surface area contributed by atoms with Crippen molar-refractivity contribution in [3.05, 3.63) is 0 Å². The fourth-order valence-electron chi connectivity index (χ4n) is 0. The molecule has 11 heteroatoms. The quantitative estimate of drug-likeness (QED) is 0.219. The summed E-state index contributed by atoms with van der Waals surface area (Å²) in [6.07, 6.45) is 0. The Labute approximate surface area is 266 Å². The molecular formula is Ba4Cl6O. The second-order valence-electron chi connectivity index (χ2n) is 0. The maximum Gasteiger partial charge on any atom is 2.00 e. The zero-order valence-electron chi connectivity index (χ0n) is 5.50. The number of hydrogen-bond donors (Lipinski definition) is 0. The Kier molecular flexibility index (Phi) is 712. The van der Waals surface area contributed by atoms with Crippen LogP contribution in [0, 0.1) is 0 Å². The molecular weight excluding hydrogens is 778 g/mol. The summed E-state index contributed by atoms with van der Waals surface area (Å²) in [6.45, 7) is 0. The van der Waals surface area contributed by atoms with Gasteiger partial charge in [0.05, 0.1) is 0 Å².